The van der Waals surface area contributed by atoms with Crippen molar-refractivity contribution >= 4 is 28.7 Å². The molecule has 0 bridgehead atoms. The number of carbonyl (C=O) groups is 1. The third-order valence-corrected chi connectivity index (χ3v) is 6.30. The van der Waals surface area contributed by atoms with E-state index in [1.54, 1.807) is 13.2 Å². The molecular formula is C20H28N4O4S. The zero-order chi connectivity index (χ0) is 21.5. The summed E-state index contributed by atoms with van der Waals surface area (Å²) in [4.78, 5) is 45.0. The van der Waals surface area contributed by atoms with Gasteiger partial charge in [0.05, 0.1) is 23.3 Å². The van der Waals surface area contributed by atoms with Crippen LogP contribution in [0.3, 0.4) is 0 Å². The van der Waals surface area contributed by atoms with Gasteiger partial charge in [-0.2, -0.15) is 0 Å². The average molecular weight is 421 g/mol. The van der Waals surface area contributed by atoms with Gasteiger partial charge in [0.25, 0.3) is 5.56 Å². The number of hydrogen-bond donors (Lipinski definition) is 0. The number of ether oxygens (including phenoxy) is 1. The summed E-state index contributed by atoms with van der Waals surface area (Å²) >= 11 is 1.35. The molecule has 2 aromatic rings. The molecule has 0 saturated carbocycles. The number of amides is 1. The van der Waals surface area contributed by atoms with Gasteiger partial charge in [-0.25, -0.2) is 9.78 Å². The van der Waals surface area contributed by atoms with Crippen molar-refractivity contribution in [2.75, 3.05) is 18.8 Å². The summed E-state index contributed by atoms with van der Waals surface area (Å²) in [5.74, 6) is 0.345. The molecule has 1 aliphatic rings. The van der Waals surface area contributed by atoms with Crippen LogP contribution in [0.4, 0.5) is 0 Å². The predicted octanol–water partition coefficient (Wildman–Crippen LogP) is 1.48. The van der Waals surface area contributed by atoms with E-state index in [0.29, 0.717) is 24.1 Å². The van der Waals surface area contributed by atoms with Crippen LogP contribution in [-0.2, 0) is 23.6 Å². The summed E-state index contributed by atoms with van der Waals surface area (Å²) in [7, 11) is 3.06. The van der Waals surface area contributed by atoms with E-state index in [9.17, 15) is 14.4 Å². The molecule has 1 aliphatic heterocycles. The molecule has 2 atom stereocenters. The molecular weight excluding hydrogens is 392 g/mol. The minimum absolute atomic E-state index is 0.00231. The lowest BCUT2D eigenvalue weighted by Gasteiger charge is -2.35. The standard InChI is InChI=1S/C20H28N4O4S/c1-11(2)14-7-21-18-16(19(26)23(6)20(27)22(18)5)17(14)29-10-15(25)24-8-12(3)28-13(4)9-24/h7,11-13H,8-10H2,1-6H3. The Morgan fingerprint density at radius 2 is 1.83 bits per heavy atom. The normalized spacial score (nSPS) is 19.9. The Labute approximate surface area is 173 Å². The lowest BCUT2D eigenvalue weighted by molar-refractivity contribution is -0.140. The van der Waals surface area contributed by atoms with Crippen molar-refractivity contribution in [3.05, 3.63) is 32.6 Å². The zero-order valence-corrected chi connectivity index (χ0v) is 18.6. The molecule has 2 aromatic heterocycles. The Bertz CT molecular complexity index is 1050. The smallest absolute Gasteiger partial charge is 0.332 e. The van der Waals surface area contributed by atoms with Gasteiger partial charge in [0.2, 0.25) is 5.91 Å². The van der Waals surface area contributed by atoms with E-state index in [0.717, 1.165) is 15.0 Å². The predicted molar refractivity (Wildman–Crippen MR) is 114 cm³/mol. The number of morpholine rings is 1. The van der Waals surface area contributed by atoms with Gasteiger partial charge >= 0.3 is 5.69 Å². The third kappa shape index (κ3) is 4.11. The van der Waals surface area contributed by atoms with Crippen molar-refractivity contribution < 1.29 is 9.53 Å². The second-order valence-corrected chi connectivity index (χ2v) is 8.93. The number of aromatic nitrogens is 3. The Kier molecular flexibility index (Phi) is 6.19. The maximum Gasteiger partial charge on any atom is 0.332 e. The zero-order valence-electron chi connectivity index (χ0n) is 17.8. The van der Waals surface area contributed by atoms with Crippen LogP contribution in [0.2, 0.25) is 0 Å². The quantitative estimate of drug-likeness (QED) is 0.697. The van der Waals surface area contributed by atoms with Crippen molar-refractivity contribution in [3.63, 3.8) is 0 Å². The average Bonchev–Trinajstić information content (AvgIpc) is 2.67. The minimum atomic E-state index is -0.421. The molecule has 8 nitrogen and oxygen atoms in total. The van der Waals surface area contributed by atoms with E-state index in [-0.39, 0.29) is 35.3 Å². The molecule has 9 heteroatoms. The van der Waals surface area contributed by atoms with Crippen LogP contribution < -0.4 is 11.2 Å². The highest BCUT2D eigenvalue weighted by molar-refractivity contribution is 8.00. The monoisotopic (exact) mass is 420 g/mol. The summed E-state index contributed by atoms with van der Waals surface area (Å²) < 4.78 is 8.17. The first kappa shape index (κ1) is 21.6. The van der Waals surface area contributed by atoms with Crippen LogP contribution in [0, 0.1) is 0 Å². The second-order valence-electron chi connectivity index (χ2n) is 7.95. The molecule has 1 saturated heterocycles. The van der Waals surface area contributed by atoms with Gasteiger partial charge in [-0.15, -0.1) is 11.8 Å². The van der Waals surface area contributed by atoms with Gasteiger partial charge in [-0.3, -0.25) is 18.7 Å². The first-order valence-corrected chi connectivity index (χ1v) is 10.7. The number of carbonyl (C=O) groups excluding carboxylic acids is 1. The highest BCUT2D eigenvalue weighted by Crippen LogP contribution is 2.32. The van der Waals surface area contributed by atoms with Crippen molar-refractivity contribution in [1.82, 2.24) is 19.0 Å². The molecule has 3 heterocycles. The van der Waals surface area contributed by atoms with Crippen LogP contribution >= 0.6 is 11.8 Å². The van der Waals surface area contributed by atoms with Gasteiger partial charge in [0.15, 0.2) is 0 Å². The molecule has 29 heavy (non-hydrogen) atoms. The van der Waals surface area contributed by atoms with E-state index in [4.69, 9.17) is 4.74 Å². The van der Waals surface area contributed by atoms with Gasteiger partial charge in [-0.1, -0.05) is 13.8 Å². The van der Waals surface area contributed by atoms with Crippen LogP contribution in [0.1, 0.15) is 39.2 Å². The molecule has 1 amide bonds. The molecule has 158 valence electrons. The fourth-order valence-electron chi connectivity index (χ4n) is 3.69. The van der Waals surface area contributed by atoms with E-state index < -0.39 is 5.69 Å². The summed E-state index contributed by atoms with van der Waals surface area (Å²) in [6.07, 6.45) is 1.71. The van der Waals surface area contributed by atoms with Crippen molar-refractivity contribution in [1.29, 1.82) is 0 Å². The molecule has 3 rings (SSSR count). The summed E-state index contributed by atoms with van der Waals surface area (Å²) in [6, 6.07) is 0. The molecule has 0 N–H and O–H groups in total. The van der Waals surface area contributed by atoms with E-state index in [2.05, 4.69) is 4.98 Å². The van der Waals surface area contributed by atoms with E-state index in [1.165, 1.54) is 23.4 Å². The van der Waals surface area contributed by atoms with Gasteiger partial charge in [0.1, 0.15) is 5.65 Å². The Morgan fingerprint density at radius 3 is 2.41 bits per heavy atom. The number of thioether (sulfide) groups is 1. The van der Waals surface area contributed by atoms with Crippen LogP contribution in [-0.4, -0.2) is 56.0 Å². The lowest BCUT2D eigenvalue weighted by Crippen LogP contribution is -2.48. The number of fused-ring (bicyclic) bond motifs is 1. The maximum atomic E-state index is 12.9. The Hall–Kier alpha value is -2.13. The number of pyridine rings is 1. The summed E-state index contributed by atoms with van der Waals surface area (Å²) in [6.45, 7) is 9.09. The SMILES string of the molecule is CC1CN(C(=O)CSc2c(C(C)C)cnc3c2c(=O)n(C)c(=O)n3C)CC(C)O1. The van der Waals surface area contributed by atoms with Crippen LogP contribution in [0.5, 0.6) is 0 Å². The van der Waals surface area contributed by atoms with Crippen molar-refractivity contribution in [3.8, 4) is 0 Å². The molecule has 2 unspecified atom stereocenters. The highest BCUT2D eigenvalue weighted by Gasteiger charge is 2.27. The van der Waals surface area contributed by atoms with Gasteiger partial charge < -0.3 is 9.64 Å². The largest absolute Gasteiger partial charge is 0.372 e. The number of aryl methyl sites for hydroxylation is 1. The fraction of sp³-hybridized carbons (Fsp3) is 0.600. The molecule has 1 fully saturated rings. The first-order chi connectivity index (χ1) is 13.6. The molecule has 0 aromatic carbocycles. The van der Waals surface area contributed by atoms with Crippen molar-refractivity contribution in [2.24, 2.45) is 14.1 Å². The fourth-order valence-corrected chi connectivity index (χ4v) is 4.92. The van der Waals surface area contributed by atoms with Gasteiger partial charge in [0, 0.05) is 38.3 Å². The maximum absolute atomic E-state index is 12.9. The number of rotatable bonds is 4. The van der Waals surface area contributed by atoms with Crippen LogP contribution in [0.25, 0.3) is 11.0 Å². The first-order valence-electron chi connectivity index (χ1n) is 9.76. The molecule has 0 aliphatic carbocycles. The molecule has 0 spiro atoms. The second kappa shape index (κ2) is 8.31. The van der Waals surface area contributed by atoms with Gasteiger partial charge in [-0.05, 0) is 25.3 Å². The van der Waals surface area contributed by atoms with Crippen LogP contribution in [0.15, 0.2) is 20.7 Å². The van der Waals surface area contributed by atoms with Crippen molar-refractivity contribution in [2.45, 2.75) is 50.7 Å². The Morgan fingerprint density at radius 1 is 1.21 bits per heavy atom. The highest BCUT2D eigenvalue weighted by atomic mass is 32.2. The lowest BCUT2D eigenvalue weighted by atomic mass is 10.0. The summed E-state index contributed by atoms with van der Waals surface area (Å²) in [5, 5.41) is 0.391. The summed E-state index contributed by atoms with van der Waals surface area (Å²) in [5.41, 5.74) is 0.429. The number of nitrogens with zero attached hydrogens (tertiary/aromatic N) is 4. The minimum Gasteiger partial charge on any atom is -0.372 e. The number of hydrogen-bond acceptors (Lipinski definition) is 6. The third-order valence-electron chi connectivity index (χ3n) is 5.18. The van der Waals surface area contributed by atoms with E-state index >= 15 is 0 Å². The Balaban J connectivity index is 2.01. The molecule has 0 radical (unpaired) electrons. The topological polar surface area (TPSA) is 86.4 Å². The van der Waals surface area contributed by atoms with E-state index in [1.807, 2.05) is 32.6 Å².